The number of likely N-dealkylation sites (tertiary alicyclic amines) is 1. The summed E-state index contributed by atoms with van der Waals surface area (Å²) < 4.78 is 13.2. The van der Waals surface area contributed by atoms with E-state index in [1.54, 1.807) is 6.07 Å². The Kier molecular flexibility index (Phi) is 6.01. The molecule has 6 nitrogen and oxygen atoms in total. The van der Waals surface area contributed by atoms with Crippen LogP contribution in [0.3, 0.4) is 0 Å². The van der Waals surface area contributed by atoms with Crippen molar-refractivity contribution >= 4 is 28.9 Å². The lowest BCUT2D eigenvalue weighted by Gasteiger charge is -2.30. The van der Waals surface area contributed by atoms with Crippen LogP contribution >= 0.6 is 11.6 Å². The van der Waals surface area contributed by atoms with Crippen LogP contribution in [0.5, 0.6) is 0 Å². The average molecular weight is 365 g/mol. The lowest BCUT2D eigenvalue weighted by molar-refractivity contribution is 0.220. The summed E-state index contributed by atoms with van der Waals surface area (Å²) in [5.41, 5.74) is 6.59. The Morgan fingerprint density at radius 2 is 1.96 bits per heavy atom. The van der Waals surface area contributed by atoms with Crippen molar-refractivity contribution in [2.45, 2.75) is 18.9 Å². The summed E-state index contributed by atoms with van der Waals surface area (Å²) in [6.07, 6.45) is 3.60. The van der Waals surface area contributed by atoms with Crippen molar-refractivity contribution in [3.63, 3.8) is 0 Å². The highest BCUT2D eigenvalue weighted by molar-refractivity contribution is 6.31. The maximum absolute atomic E-state index is 13.2. The monoisotopic (exact) mass is 364 g/mol. The normalized spacial score (nSPS) is 16.0. The van der Waals surface area contributed by atoms with Crippen LogP contribution in [0, 0.1) is 5.82 Å². The van der Waals surface area contributed by atoms with Crippen LogP contribution in [0.2, 0.25) is 5.02 Å². The van der Waals surface area contributed by atoms with Gasteiger partial charge in [-0.25, -0.2) is 14.4 Å². The molecule has 1 saturated heterocycles. The van der Waals surface area contributed by atoms with Gasteiger partial charge >= 0.3 is 0 Å². The summed E-state index contributed by atoms with van der Waals surface area (Å²) in [7, 11) is 0. The summed E-state index contributed by atoms with van der Waals surface area (Å²) >= 11 is 5.79. The van der Waals surface area contributed by atoms with E-state index in [1.165, 1.54) is 18.5 Å². The molecule has 134 valence electrons. The van der Waals surface area contributed by atoms with Crippen molar-refractivity contribution in [1.29, 1.82) is 0 Å². The van der Waals surface area contributed by atoms with Crippen molar-refractivity contribution in [2.75, 3.05) is 36.8 Å². The van der Waals surface area contributed by atoms with E-state index >= 15 is 0 Å². The molecule has 1 aliphatic heterocycles. The molecule has 0 spiro atoms. The zero-order chi connectivity index (χ0) is 17.6. The molecular weight excluding hydrogens is 343 g/mol. The molecule has 0 unspecified atom stereocenters. The summed E-state index contributed by atoms with van der Waals surface area (Å²) in [5.74, 6) is 0.902. The lowest BCUT2D eigenvalue weighted by Crippen LogP contribution is -2.41. The highest BCUT2D eigenvalue weighted by Gasteiger charge is 2.15. The Bertz CT molecular complexity index is 705. The minimum Gasteiger partial charge on any atom is -0.369 e. The molecule has 2 heterocycles. The first kappa shape index (κ1) is 17.8. The van der Waals surface area contributed by atoms with Crippen molar-refractivity contribution in [2.24, 2.45) is 5.73 Å². The van der Waals surface area contributed by atoms with Gasteiger partial charge in [0.2, 0.25) is 0 Å². The van der Waals surface area contributed by atoms with Crippen LogP contribution in [0.25, 0.3) is 0 Å². The lowest BCUT2D eigenvalue weighted by atomic mass is 10.1. The molecule has 1 aromatic carbocycles. The van der Waals surface area contributed by atoms with Gasteiger partial charge in [0.25, 0.3) is 0 Å². The number of nitrogens with one attached hydrogen (secondary N) is 2. The van der Waals surface area contributed by atoms with Gasteiger partial charge in [0.15, 0.2) is 0 Å². The molecular formula is C17H22ClFN6. The number of piperidine rings is 1. The third-order valence-corrected chi connectivity index (χ3v) is 4.52. The topological polar surface area (TPSA) is 79.1 Å². The highest BCUT2D eigenvalue weighted by atomic mass is 35.5. The first-order valence-electron chi connectivity index (χ1n) is 8.36. The molecule has 0 radical (unpaired) electrons. The Morgan fingerprint density at radius 3 is 2.72 bits per heavy atom. The van der Waals surface area contributed by atoms with Crippen molar-refractivity contribution < 1.29 is 4.39 Å². The predicted molar refractivity (Wildman–Crippen MR) is 98.9 cm³/mol. The van der Waals surface area contributed by atoms with Gasteiger partial charge in [0.1, 0.15) is 23.8 Å². The molecule has 0 bridgehead atoms. The van der Waals surface area contributed by atoms with Crippen molar-refractivity contribution in [3.8, 4) is 0 Å². The third-order valence-electron chi connectivity index (χ3n) is 4.23. The van der Waals surface area contributed by atoms with Gasteiger partial charge in [0.05, 0.1) is 5.02 Å². The summed E-state index contributed by atoms with van der Waals surface area (Å²) in [6.45, 7) is 3.84. The van der Waals surface area contributed by atoms with Gasteiger partial charge in [0, 0.05) is 30.9 Å². The van der Waals surface area contributed by atoms with Gasteiger partial charge < -0.3 is 21.3 Å². The molecule has 0 saturated carbocycles. The van der Waals surface area contributed by atoms with E-state index in [0.717, 1.165) is 44.8 Å². The number of hydrogen-bond donors (Lipinski definition) is 3. The summed E-state index contributed by atoms with van der Waals surface area (Å²) in [6, 6.07) is 6.60. The number of benzene rings is 1. The Labute approximate surface area is 151 Å². The number of halogens is 2. The fourth-order valence-corrected chi connectivity index (χ4v) is 2.94. The molecule has 0 aliphatic carbocycles. The fraction of sp³-hybridized carbons (Fsp3) is 0.412. The molecule has 1 aliphatic rings. The second kappa shape index (κ2) is 8.42. The number of nitrogens with two attached hydrogens (primary N) is 1. The van der Waals surface area contributed by atoms with Crippen LogP contribution < -0.4 is 16.4 Å². The minimum absolute atomic E-state index is 0.0682. The van der Waals surface area contributed by atoms with Gasteiger partial charge in [-0.15, -0.1) is 0 Å². The van der Waals surface area contributed by atoms with Crippen LogP contribution in [-0.4, -0.2) is 47.1 Å². The van der Waals surface area contributed by atoms with Crippen molar-refractivity contribution in [1.82, 2.24) is 14.9 Å². The molecule has 0 atom stereocenters. The van der Waals surface area contributed by atoms with E-state index in [2.05, 4.69) is 25.5 Å². The van der Waals surface area contributed by atoms with E-state index in [4.69, 9.17) is 17.3 Å². The summed E-state index contributed by atoms with van der Waals surface area (Å²) in [5, 5.41) is 6.46. The number of rotatable bonds is 6. The van der Waals surface area contributed by atoms with Crippen molar-refractivity contribution in [3.05, 3.63) is 41.4 Å². The van der Waals surface area contributed by atoms with Gasteiger partial charge in [-0.3, -0.25) is 0 Å². The predicted octanol–water partition coefficient (Wildman–Crippen LogP) is 2.85. The van der Waals surface area contributed by atoms with Crippen LogP contribution in [-0.2, 0) is 0 Å². The molecule has 8 heteroatoms. The zero-order valence-electron chi connectivity index (χ0n) is 13.9. The number of hydrogen-bond acceptors (Lipinski definition) is 6. The molecule has 1 fully saturated rings. The third kappa shape index (κ3) is 5.26. The molecule has 3 rings (SSSR count). The SMILES string of the molecule is NC1CCN(CCNc2cc(Nc3ccc(F)c(Cl)c3)ncn2)CC1. The van der Waals surface area contributed by atoms with Crippen LogP contribution in [0.15, 0.2) is 30.6 Å². The second-order valence-corrected chi connectivity index (χ2v) is 6.56. The molecule has 4 N–H and O–H groups in total. The average Bonchev–Trinajstić information content (AvgIpc) is 2.60. The Balaban J connectivity index is 1.51. The quantitative estimate of drug-likeness (QED) is 0.731. The number of anilines is 3. The fourth-order valence-electron chi connectivity index (χ4n) is 2.76. The van der Waals surface area contributed by atoms with Gasteiger partial charge in [-0.1, -0.05) is 11.6 Å². The molecule has 0 amide bonds. The van der Waals surface area contributed by atoms with E-state index in [0.29, 0.717) is 17.5 Å². The van der Waals surface area contributed by atoms with E-state index < -0.39 is 5.82 Å². The Hall–Kier alpha value is -1.96. The van der Waals surface area contributed by atoms with Gasteiger partial charge in [-0.2, -0.15) is 0 Å². The second-order valence-electron chi connectivity index (χ2n) is 6.15. The first-order chi connectivity index (χ1) is 12.1. The first-order valence-corrected chi connectivity index (χ1v) is 8.74. The van der Waals surface area contributed by atoms with E-state index in [-0.39, 0.29) is 5.02 Å². The minimum atomic E-state index is -0.448. The largest absolute Gasteiger partial charge is 0.369 e. The maximum Gasteiger partial charge on any atom is 0.141 e. The molecule has 2 aromatic rings. The van der Waals surface area contributed by atoms with Crippen LogP contribution in [0.4, 0.5) is 21.7 Å². The maximum atomic E-state index is 13.2. The number of aromatic nitrogens is 2. The van der Waals surface area contributed by atoms with Crippen LogP contribution in [0.1, 0.15) is 12.8 Å². The summed E-state index contributed by atoms with van der Waals surface area (Å²) in [4.78, 5) is 10.8. The Morgan fingerprint density at radius 1 is 1.20 bits per heavy atom. The molecule has 1 aromatic heterocycles. The smallest absolute Gasteiger partial charge is 0.141 e. The van der Waals surface area contributed by atoms with E-state index in [9.17, 15) is 4.39 Å². The highest BCUT2D eigenvalue weighted by Crippen LogP contribution is 2.22. The zero-order valence-corrected chi connectivity index (χ0v) is 14.6. The van der Waals surface area contributed by atoms with E-state index in [1.807, 2.05) is 6.07 Å². The van der Waals surface area contributed by atoms with Gasteiger partial charge in [-0.05, 0) is 44.1 Å². The number of nitrogens with zero attached hydrogens (tertiary/aromatic N) is 3. The standard InChI is InChI=1S/C17H22ClFN6/c18-14-9-13(1-2-15(14)19)24-17-10-16(22-11-23-17)21-5-8-25-6-3-12(20)4-7-25/h1-2,9-12H,3-8,20H2,(H2,21,22,23,24). The molecule has 25 heavy (non-hydrogen) atoms.